The lowest BCUT2D eigenvalue weighted by molar-refractivity contribution is -0.116. The molecule has 1 aromatic carbocycles. The fourth-order valence-corrected chi connectivity index (χ4v) is 2.39. The number of likely N-dealkylation sites (N-methyl/N-ethyl adjacent to an activating group) is 1. The SMILES string of the molecule is CCNC1CC(Oc2cccc(F)c2F)C1OCCOC. The van der Waals surface area contributed by atoms with E-state index in [4.69, 9.17) is 14.2 Å². The van der Waals surface area contributed by atoms with E-state index in [-0.39, 0.29) is 24.0 Å². The van der Waals surface area contributed by atoms with Gasteiger partial charge in [0, 0.05) is 19.6 Å². The molecule has 0 radical (unpaired) electrons. The van der Waals surface area contributed by atoms with E-state index in [1.54, 1.807) is 7.11 Å². The van der Waals surface area contributed by atoms with E-state index in [0.29, 0.717) is 19.6 Å². The lowest BCUT2D eigenvalue weighted by Gasteiger charge is -2.44. The lowest BCUT2D eigenvalue weighted by Crippen LogP contribution is -2.61. The Hall–Kier alpha value is -1.24. The number of hydrogen-bond donors (Lipinski definition) is 1. The van der Waals surface area contributed by atoms with Gasteiger partial charge in [-0.1, -0.05) is 13.0 Å². The first-order valence-corrected chi connectivity index (χ1v) is 7.12. The van der Waals surface area contributed by atoms with Gasteiger partial charge in [0.15, 0.2) is 11.6 Å². The molecular formula is C15H21F2NO3. The predicted octanol–water partition coefficient (Wildman–Crippen LogP) is 2.13. The monoisotopic (exact) mass is 301 g/mol. The standard InChI is InChI=1S/C15H21F2NO3/c1-3-18-11-9-13(15(11)20-8-7-19-2)21-12-6-4-5-10(16)14(12)17/h4-6,11,13,15,18H,3,7-9H2,1-2H3. The minimum atomic E-state index is -0.958. The highest BCUT2D eigenvalue weighted by atomic mass is 19.2. The third kappa shape index (κ3) is 3.90. The van der Waals surface area contributed by atoms with Gasteiger partial charge < -0.3 is 19.5 Å². The Kier molecular flexibility index (Phi) is 5.90. The fraction of sp³-hybridized carbons (Fsp3) is 0.600. The van der Waals surface area contributed by atoms with Crippen molar-refractivity contribution in [3.63, 3.8) is 0 Å². The van der Waals surface area contributed by atoms with Gasteiger partial charge in [0.1, 0.15) is 12.2 Å². The van der Waals surface area contributed by atoms with Crippen LogP contribution in [0.2, 0.25) is 0 Å². The maximum Gasteiger partial charge on any atom is 0.200 e. The van der Waals surface area contributed by atoms with Gasteiger partial charge in [0.25, 0.3) is 0 Å². The molecule has 0 amide bonds. The van der Waals surface area contributed by atoms with Crippen molar-refractivity contribution in [2.24, 2.45) is 0 Å². The van der Waals surface area contributed by atoms with Gasteiger partial charge >= 0.3 is 0 Å². The smallest absolute Gasteiger partial charge is 0.200 e. The molecule has 0 saturated heterocycles. The molecule has 1 N–H and O–H groups in total. The molecule has 0 aromatic heterocycles. The lowest BCUT2D eigenvalue weighted by atomic mass is 9.85. The second-order valence-corrected chi connectivity index (χ2v) is 4.94. The molecule has 1 aromatic rings. The quantitative estimate of drug-likeness (QED) is 0.747. The summed E-state index contributed by atoms with van der Waals surface area (Å²) in [5.74, 6) is -1.94. The molecule has 0 aliphatic heterocycles. The van der Waals surface area contributed by atoms with Crippen molar-refractivity contribution < 1.29 is 23.0 Å². The number of hydrogen-bond acceptors (Lipinski definition) is 4. The fourth-order valence-electron chi connectivity index (χ4n) is 2.39. The Balaban J connectivity index is 1.96. The molecular weight excluding hydrogens is 280 g/mol. The zero-order chi connectivity index (χ0) is 15.2. The van der Waals surface area contributed by atoms with Gasteiger partial charge in [-0.2, -0.15) is 4.39 Å². The van der Waals surface area contributed by atoms with Crippen LogP contribution in [0.3, 0.4) is 0 Å². The Morgan fingerprint density at radius 3 is 2.81 bits per heavy atom. The number of nitrogens with one attached hydrogen (secondary N) is 1. The largest absolute Gasteiger partial charge is 0.484 e. The Morgan fingerprint density at radius 2 is 2.10 bits per heavy atom. The van der Waals surface area contributed by atoms with E-state index in [1.165, 1.54) is 12.1 Å². The normalized spacial score (nSPS) is 24.7. The topological polar surface area (TPSA) is 39.7 Å². The van der Waals surface area contributed by atoms with Crippen LogP contribution < -0.4 is 10.1 Å². The summed E-state index contributed by atoms with van der Waals surface area (Å²) in [4.78, 5) is 0. The van der Waals surface area contributed by atoms with E-state index in [2.05, 4.69) is 5.32 Å². The zero-order valence-corrected chi connectivity index (χ0v) is 12.3. The summed E-state index contributed by atoms with van der Waals surface area (Å²) in [6, 6.07) is 4.07. The Morgan fingerprint density at radius 1 is 1.29 bits per heavy atom. The molecule has 1 fully saturated rings. The molecule has 1 aliphatic carbocycles. The maximum absolute atomic E-state index is 13.6. The predicted molar refractivity (Wildman–Crippen MR) is 74.5 cm³/mol. The van der Waals surface area contributed by atoms with Gasteiger partial charge in [0.2, 0.25) is 5.82 Å². The van der Waals surface area contributed by atoms with E-state index < -0.39 is 11.6 Å². The van der Waals surface area contributed by atoms with E-state index in [9.17, 15) is 8.78 Å². The summed E-state index contributed by atoms with van der Waals surface area (Å²) in [6.45, 7) is 3.74. The first kappa shape index (κ1) is 16.1. The van der Waals surface area contributed by atoms with Gasteiger partial charge in [-0.05, 0) is 18.7 Å². The molecule has 3 unspecified atom stereocenters. The molecule has 118 valence electrons. The Bertz CT molecular complexity index is 459. The molecule has 3 atom stereocenters. The van der Waals surface area contributed by atoms with Crippen molar-refractivity contribution in [2.75, 3.05) is 26.9 Å². The van der Waals surface area contributed by atoms with Crippen LogP contribution in [0.5, 0.6) is 5.75 Å². The highest BCUT2D eigenvalue weighted by Crippen LogP contribution is 2.31. The summed E-state index contributed by atoms with van der Waals surface area (Å²) in [5.41, 5.74) is 0. The first-order valence-electron chi connectivity index (χ1n) is 7.12. The van der Waals surface area contributed by atoms with Crippen molar-refractivity contribution in [1.29, 1.82) is 0 Å². The van der Waals surface area contributed by atoms with Gasteiger partial charge in [-0.3, -0.25) is 0 Å². The average Bonchev–Trinajstić information content (AvgIpc) is 2.46. The molecule has 0 spiro atoms. The molecule has 0 bridgehead atoms. The second kappa shape index (κ2) is 7.68. The summed E-state index contributed by atoms with van der Waals surface area (Å²) in [7, 11) is 1.60. The van der Waals surface area contributed by atoms with E-state index >= 15 is 0 Å². The van der Waals surface area contributed by atoms with Crippen LogP contribution in [-0.2, 0) is 9.47 Å². The van der Waals surface area contributed by atoms with Crippen LogP contribution in [-0.4, -0.2) is 45.1 Å². The molecule has 21 heavy (non-hydrogen) atoms. The van der Waals surface area contributed by atoms with Crippen molar-refractivity contribution in [3.05, 3.63) is 29.8 Å². The van der Waals surface area contributed by atoms with Crippen LogP contribution in [0, 0.1) is 11.6 Å². The van der Waals surface area contributed by atoms with Crippen molar-refractivity contribution in [2.45, 2.75) is 31.6 Å². The summed E-state index contributed by atoms with van der Waals surface area (Å²) < 4.78 is 43.0. The van der Waals surface area contributed by atoms with Gasteiger partial charge in [-0.15, -0.1) is 0 Å². The molecule has 4 nitrogen and oxygen atoms in total. The van der Waals surface area contributed by atoms with Crippen molar-refractivity contribution in [3.8, 4) is 5.75 Å². The van der Waals surface area contributed by atoms with Crippen molar-refractivity contribution in [1.82, 2.24) is 5.32 Å². The highest BCUT2D eigenvalue weighted by Gasteiger charge is 2.43. The molecule has 1 saturated carbocycles. The first-order chi connectivity index (χ1) is 10.2. The minimum absolute atomic E-state index is 0.0738. The number of ether oxygens (including phenoxy) is 3. The third-order valence-corrected chi connectivity index (χ3v) is 3.51. The van der Waals surface area contributed by atoms with Crippen LogP contribution in [0.25, 0.3) is 0 Å². The molecule has 2 rings (SSSR count). The van der Waals surface area contributed by atoms with E-state index in [1.807, 2.05) is 6.92 Å². The third-order valence-electron chi connectivity index (χ3n) is 3.51. The number of rotatable bonds is 8. The molecule has 0 heterocycles. The average molecular weight is 301 g/mol. The molecule has 1 aliphatic rings. The van der Waals surface area contributed by atoms with Crippen LogP contribution in [0.15, 0.2) is 18.2 Å². The van der Waals surface area contributed by atoms with Crippen LogP contribution in [0.1, 0.15) is 13.3 Å². The highest BCUT2D eigenvalue weighted by molar-refractivity contribution is 5.26. The zero-order valence-electron chi connectivity index (χ0n) is 12.3. The minimum Gasteiger partial charge on any atom is -0.484 e. The Labute approximate surface area is 123 Å². The number of halogens is 2. The van der Waals surface area contributed by atoms with Gasteiger partial charge in [0.05, 0.1) is 13.2 Å². The summed E-state index contributed by atoms with van der Waals surface area (Å²) >= 11 is 0. The van der Waals surface area contributed by atoms with Crippen LogP contribution in [0.4, 0.5) is 8.78 Å². The summed E-state index contributed by atoms with van der Waals surface area (Å²) in [5, 5.41) is 3.29. The number of methoxy groups -OCH3 is 1. The summed E-state index contributed by atoms with van der Waals surface area (Å²) in [6.07, 6.45) is 0.214. The van der Waals surface area contributed by atoms with Crippen LogP contribution >= 0.6 is 0 Å². The molecule has 6 heteroatoms. The number of benzene rings is 1. The van der Waals surface area contributed by atoms with Crippen molar-refractivity contribution >= 4 is 0 Å². The second-order valence-electron chi connectivity index (χ2n) is 4.94. The van der Waals surface area contributed by atoms with E-state index in [0.717, 1.165) is 12.6 Å². The van der Waals surface area contributed by atoms with Gasteiger partial charge in [-0.25, -0.2) is 4.39 Å². The maximum atomic E-state index is 13.6.